The van der Waals surface area contributed by atoms with Crippen LogP contribution in [0, 0.1) is 11.5 Å². The van der Waals surface area contributed by atoms with E-state index in [0.29, 0.717) is 0 Å². The molecule has 0 aromatic heterocycles. The van der Waals surface area contributed by atoms with Gasteiger partial charge in [0.1, 0.15) is 0 Å². The molecular formula is C13H26N4. The van der Waals surface area contributed by atoms with Crippen molar-refractivity contribution in [2.45, 2.75) is 45.4 Å². The molecule has 0 rings (SSSR count). The molecule has 0 aliphatic heterocycles. The van der Waals surface area contributed by atoms with Crippen LogP contribution in [0.4, 0.5) is 0 Å². The van der Waals surface area contributed by atoms with E-state index in [0.717, 1.165) is 4.48 Å². The van der Waals surface area contributed by atoms with Crippen LogP contribution >= 0.6 is 0 Å². The van der Waals surface area contributed by atoms with Crippen LogP contribution in [0.2, 0.25) is 0 Å². The van der Waals surface area contributed by atoms with Crippen molar-refractivity contribution in [3.63, 3.8) is 0 Å². The van der Waals surface area contributed by atoms with Gasteiger partial charge in [0.05, 0.1) is 33.9 Å². The van der Waals surface area contributed by atoms with Gasteiger partial charge < -0.3 is 14.9 Å². The Bertz CT molecular complexity index is 241. The molecule has 4 heteroatoms. The van der Waals surface area contributed by atoms with E-state index in [2.05, 4.69) is 33.1 Å². The SMILES string of the molecule is CCCCCCCC[N+](C)(C)C.N#CN=C=[N-]. The molecule has 0 bridgehead atoms. The van der Waals surface area contributed by atoms with Crippen LogP contribution in [0.3, 0.4) is 0 Å². The third-order valence-corrected chi connectivity index (χ3v) is 2.28. The number of unbranched alkanes of at least 4 members (excludes halogenated alkanes) is 5. The van der Waals surface area contributed by atoms with Gasteiger partial charge in [-0.1, -0.05) is 32.6 Å². The van der Waals surface area contributed by atoms with Crippen LogP contribution < -0.4 is 0 Å². The van der Waals surface area contributed by atoms with Crippen molar-refractivity contribution in [2.24, 2.45) is 4.99 Å². The first-order valence-corrected chi connectivity index (χ1v) is 6.26. The van der Waals surface area contributed by atoms with Gasteiger partial charge in [-0.3, -0.25) is 0 Å². The summed E-state index contributed by atoms with van der Waals surface area (Å²) in [7, 11) is 6.81. The minimum Gasteiger partial charge on any atom is -0.422 e. The molecule has 0 saturated heterocycles. The molecule has 0 amide bonds. The molecule has 0 aromatic carbocycles. The number of quaternary nitrogens is 1. The van der Waals surface area contributed by atoms with E-state index in [4.69, 9.17) is 10.7 Å². The van der Waals surface area contributed by atoms with Gasteiger partial charge in [-0.15, -0.1) is 6.01 Å². The monoisotopic (exact) mass is 238 g/mol. The third kappa shape index (κ3) is 25.3. The van der Waals surface area contributed by atoms with Gasteiger partial charge in [0.2, 0.25) is 0 Å². The number of aliphatic imine (C=N–C) groups is 1. The molecule has 0 radical (unpaired) electrons. The molecule has 0 aliphatic carbocycles. The number of hydrogen-bond donors (Lipinski definition) is 0. The summed E-state index contributed by atoms with van der Waals surface area (Å²) in [4.78, 5) is 2.58. The zero-order chi connectivity index (χ0) is 13.6. The van der Waals surface area contributed by atoms with Crippen LogP contribution in [0.25, 0.3) is 5.41 Å². The zero-order valence-electron chi connectivity index (χ0n) is 11.7. The van der Waals surface area contributed by atoms with Gasteiger partial charge in [-0.2, -0.15) is 5.26 Å². The van der Waals surface area contributed by atoms with E-state index in [-0.39, 0.29) is 0 Å². The molecule has 4 nitrogen and oxygen atoms in total. The Morgan fingerprint density at radius 1 is 1.06 bits per heavy atom. The summed E-state index contributed by atoms with van der Waals surface area (Å²) in [5.74, 6) is 0. The molecule has 0 heterocycles. The van der Waals surface area contributed by atoms with Gasteiger partial charge >= 0.3 is 0 Å². The van der Waals surface area contributed by atoms with Crippen LogP contribution in [-0.2, 0) is 0 Å². The van der Waals surface area contributed by atoms with Gasteiger partial charge in [0, 0.05) is 0 Å². The third-order valence-electron chi connectivity index (χ3n) is 2.28. The van der Waals surface area contributed by atoms with E-state index in [1.54, 1.807) is 0 Å². The maximum atomic E-state index is 7.43. The lowest BCUT2D eigenvalue weighted by atomic mass is 10.1. The predicted molar refractivity (Wildman–Crippen MR) is 72.7 cm³/mol. The number of nitrogens with zero attached hydrogens (tertiary/aromatic N) is 4. The maximum absolute atomic E-state index is 7.43. The summed E-state index contributed by atoms with van der Waals surface area (Å²) in [5, 5.41) is 14.9. The highest BCUT2D eigenvalue weighted by Crippen LogP contribution is 2.06. The Balaban J connectivity index is 0. The molecule has 98 valence electrons. The summed E-state index contributed by atoms with van der Waals surface area (Å²) in [6, 6.07) is 1.28. The summed E-state index contributed by atoms with van der Waals surface area (Å²) in [6.45, 7) is 3.60. The van der Waals surface area contributed by atoms with E-state index < -0.39 is 0 Å². The molecule has 0 unspecified atom stereocenters. The maximum Gasteiger partial charge on any atom is 0.0925 e. The average molecular weight is 238 g/mol. The van der Waals surface area contributed by atoms with Crippen molar-refractivity contribution in [3.05, 3.63) is 5.41 Å². The lowest BCUT2D eigenvalue weighted by molar-refractivity contribution is -0.870. The molecule has 0 atom stereocenters. The highest BCUT2D eigenvalue weighted by atomic mass is 15.3. The Kier molecular flexibility index (Phi) is 13.8. The summed E-state index contributed by atoms with van der Waals surface area (Å²) < 4.78 is 1.12. The van der Waals surface area contributed by atoms with Gasteiger partial charge in [-0.05, 0) is 12.8 Å². The van der Waals surface area contributed by atoms with E-state index in [1.165, 1.54) is 57.3 Å². The van der Waals surface area contributed by atoms with E-state index in [9.17, 15) is 0 Å². The second kappa shape index (κ2) is 12.9. The summed E-state index contributed by atoms with van der Waals surface area (Å²) in [5.41, 5.74) is 0. The summed E-state index contributed by atoms with van der Waals surface area (Å²) in [6.07, 6.45) is 9.76. The zero-order valence-corrected chi connectivity index (χ0v) is 11.7. The molecule has 0 N–H and O–H groups in total. The Hall–Kier alpha value is -1.17. The predicted octanol–water partition coefficient (Wildman–Crippen LogP) is 3.26. The minimum absolute atomic E-state index is 1.12. The van der Waals surface area contributed by atoms with Crippen LogP contribution in [0.5, 0.6) is 0 Å². The van der Waals surface area contributed by atoms with Crippen molar-refractivity contribution in [3.8, 4) is 6.19 Å². The van der Waals surface area contributed by atoms with E-state index in [1.807, 2.05) is 0 Å². The molecule has 0 fully saturated rings. The molecule has 0 aromatic rings. The fourth-order valence-electron chi connectivity index (χ4n) is 1.39. The largest absolute Gasteiger partial charge is 0.422 e. The summed E-state index contributed by atoms with van der Waals surface area (Å²) >= 11 is 0. The van der Waals surface area contributed by atoms with Crippen LogP contribution in [0.15, 0.2) is 4.99 Å². The molecular weight excluding hydrogens is 212 g/mol. The Labute approximate surface area is 106 Å². The highest BCUT2D eigenvalue weighted by Gasteiger charge is 2.04. The van der Waals surface area contributed by atoms with Crippen molar-refractivity contribution in [1.29, 1.82) is 5.26 Å². The number of rotatable bonds is 7. The molecule has 0 saturated carbocycles. The van der Waals surface area contributed by atoms with Crippen LogP contribution in [-0.4, -0.2) is 38.2 Å². The Morgan fingerprint density at radius 3 is 1.94 bits per heavy atom. The second-order valence-corrected chi connectivity index (χ2v) is 5.09. The first-order chi connectivity index (χ1) is 7.97. The molecule has 0 aliphatic rings. The van der Waals surface area contributed by atoms with Crippen molar-refractivity contribution >= 4 is 6.01 Å². The first-order valence-electron chi connectivity index (χ1n) is 6.26. The van der Waals surface area contributed by atoms with Gasteiger partial charge in [-0.25, -0.2) is 0 Å². The molecule has 0 spiro atoms. The minimum atomic E-state index is 1.12. The van der Waals surface area contributed by atoms with Crippen LogP contribution in [0.1, 0.15) is 45.4 Å². The molecule has 17 heavy (non-hydrogen) atoms. The number of hydrogen-bond acceptors (Lipinski definition) is 2. The topological polar surface area (TPSA) is 58.5 Å². The average Bonchev–Trinajstić information content (AvgIpc) is 2.24. The van der Waals surface area contributed by atoms with Crippen molar-refractivity contribution in [2.75, 3.05) is 27.7 Å². The second-order valence-electron chi connectivity index (χ2n) is 5.09. The fourth-order valence-corrected chi connectivity index (χ4v) is 1.39. The normalized spacial score (nSPS) is 9.59. The lowest BCUT2D eigenvalue weighted by Gasteiger charge is -2.23. The van der Waals surface area contributed by atoms with Gasteiger partial charge in [0.25, 0.3) is 0 Å². The van der Waals surface area contributed by atoms with Crippen molar-refractivity contribution in [1.82, 2.24) is 0 Å². The Morgan fingerprint density at radius 2 is 1.59 bits per heavy atom. The highest BCUT2D eigenvalue weighted by molar-refractivity contribution is 5.46. The van der Waals surface area contributed by atoms with E-state index >= 15 is 0 Å². The first kappa shape index (κ1) is 18.2. The van der Waals surface area contributed by atoms with Gasteiger partial charge in [0.15, 0.2) is 0 Å². The quantitative estimate of drug-likeness (QED) is 0.290. The lowest BCUT2D eigenvalue weighted by Crippen LogP contribution is -2.35. The van der Waals surface area contributed by atoms with Crippen molar-refractivity contribution < 1.29 is 4.48 Å². The smallest absolute Gasteiger partial charge is 0.0925 e. The fraction of sp³-hybridized carbons (Fsp3) is 0.846. The standard InChI is InChI=1S/C11H26N.C2N3/c1-5-6-7-8-9-10-11-12(2,3)4;3-1-5-2-4/h5-11H2,1-4H3;/q+1;-1. The number of nitriles is 1.